The Morgan fingerprint density at radius 1 is 0.885 bits per heavy atom. The van der Waals surface area contributed by atoms with Crippen molar-refractivity contribution < 1.29 is 25.2 Å². The number of aliphatic hydroxyl groups is 4. The van der Waals surface area contributed by atoms with E-state index in [1.807, 2.05) is 36.4 Å². The summed E-state index contributed by atoms with van der Waals surface area (Å²) in [6.45, 7) is -0.433. The van der Waals surface area contributed by atoms with Crippen molar-refractivity contribution in [3.05, 3.63) is 60.2 Å². The highest BCUT2D eigenvalue weighted by Crippen LogP contribution is 2.37. The molecule has 4 rings (SSSR count). The normalized spacial score (nSPS) is 29.2. The average Bonchev–Trinajstić information content (AvgIpc) is 3.11. The average molecular weight is 372 g/mol. The Kier molecular flexibility index (Phi) is 4.79. The van der Waals surface area contributed by atoms with E-state index in [2.05, 4.69) is 18.2 Å². The van der Waals surface area contributed by atoms with Crippen molar-refractivity contribution in [3.63, 3.8) is 0 Å². The number of benzene rings is 2. The molecule has 0 bridgehead atoms. The Bertz CT molecular complexity index is 873. The Hall–Kier alpha value is -1.80. The topological polar surface area (TPSA) is 90.2 Å². The largest absolute Gasteiger partial charge is 0.394 e. The Labute approximate surface area is 154 Å². The van der Waals surface area contributed by atoms with Crippen LogP contribution in [0.15, 0.2) is 54.6 Å². The molecule has 5 atom stereocenters. The third kappa shape index (κ3) is 3.05. The van der Waals surface area contributed by atoms with Gasteiger partial charge in [-0.15, -0.1) is 11.3 Å². The molecule has 0 unspecified atom stereocenters. The third-order valence-electron chi connectivity index (χ3n) is 4.82. The van der Waals surface area contributed by atoms with E-state index in [0.717, 1.165) is 10.4 Å². The molecule has 0 amide bonds. The summed E-state index contributed by atoms with van der Waals surface area (Å²) in [6.07, 6.45) is -5.73. The monoisotopic (exact) mass is 372 g/mol. The molecule has 1 aromatic heterocycles. The van der Waals surface area contributed by atoms with E-state index in [1.165, 1.54) is 10.1 Å². The van der Waals surface area contributed by atoms with Crippen molar-refractivity contribution in [2.24, 2.45) is 0 Å². The van der Waals surface area contributed by atoms with E-state index in [9.17, 15) is 20.4 Å². The predicted octanol–water partition coefficient (Wildman–Crippen LogP) is 2.08. The van der Waals surface area contributed by atoms with E-state index >= 15 is 0 Å². The molecule has 4 N–H and O–H groups in total. The molecule has 1 saturated heterocycles. The van der Waals surface area contributed by atoms with Gasteiger partial charge in [-0.1, -0.05) is 36.4 Å². The van der Waals surface area contributed by atoms with Gasteiger partial charge in [0.2, 0.25) is 0 Å². The Morgan fingerprint density at radius 2 is 1.69 bits per heavy atom. The second-order valence-electron chi connectivity index (χ2n) is 6.52. The first-order valence-corrected chi connectivity index (χ1v) is 9.29. The highest BCUT2D eigenvalue weighted by Gasteiger charge is 2.43. The molecule has 5 nitrogen and oxygen atoms in total. The van der Waals surface area contributed by atoms with Crippen molar-refractivity contribution in [1.82, 2.24) is 0 Å². The lowest BCUT2D eigenvalue weighted by atomic mass is 9.90. The maximum Gasteiger partial charge on any atom is 0.113 e. The van der Waals surface area contributed by atoms with Gasteiger partial charge in [0.15, 0.2) is 0 Å². The van der Waals surface area contributed by atoms with Crippen LogP contribution in [-0.4, -0.2) is 51.4 Å². The number of fused-ring (bicyclic) bond motifs is 1. The van der Waals surface area contributed by atoms with Crippen molar-refractivity contribution in [1.29, 1.82) is 0 Å². The van der Waals surface area contributed by atoms with Crippen LogP contribution in [0.3, 0.4) is 0 Å². The van der Waals surface area contributed by atoms with Gasteiger partial charge in [0, 0.05) is 9.58 Å². The van der Waals surface area contributed by atoms with Crippen molar-refractivity contribution >= 4 is 21.4 Å². The van der Waals surface area contributed by atoms with Gasteiger partial charge in [-0.05, 0) is 34.7 Å². The summed E-state index contributed by atoms with van der Waals surface area (Å²) in [5.74, 6) is 0. The Morgan fingerprint density at radius 3 is 2.46 bits per heavy atom. The molecule has 26 heavy (non-hydrogen) atoms. The first-order valence-electron chi connectivity index (χ1n) is 8.48. The van der Waals surface area contributed by atoms with Crippen molar-refractivity contribution in [2.75, 3.05) is 6.61 Å². The summed E-state index contributed by atoms with van der Waals surface area (Å²) >= 11 is 1.68. The molecule has 0 saturated carbocycles. The van der Waals surface area contributed by atoms with Crippen LogP contribution in [0.4, 0.5) is 0 Å². The van der Waals surface area contributed by atoms with Crippen LogP contribution in [0.2, 0.25) is 0 Å². The summed E-state index contributed by atoms with van der Waals surface area (Å²) in [5, 5.41) is 40.8. The highest BCUT2D eigenvalue weighted by molar-refractivity contribution is 7.22. The van der Waals surface area contributed by atoms with Gasteiger partial charge in [-0.3, -0.25) is 0 Å². The standard InChI is InChI=1S/C20H20O5S/c21-10-14-17(22)18(23)19(24)20(25-14)13-6-3-5-11(8-13)16-9-12-4-1-2-7-15(12)26-16/h1-9,14,17-24H,10H2/t14-,17-,18+,19+,20-/m1/s1. The quantitative estimate of drug-likeness (QED) is 0.565. The Balaban J connectivity index is 1.69. The van der Waals surface area contributed by atoms with Gasteiger partial charge in [-0.2, -0.15) is 0 Å². The zero-order valence-corrected chi connectivity index (χ0v) is 14.7. The van der Waals surface area contributed by atoms with Crippen LogP contribution in [0.25, 0.3) is 20.5 Å². The number of hydrogen-bond acceptors (Lipinski definition) is 6. The number of aliphatic hydroxyl groups excluding tert-OH is 4. The predicted molar refractivity (Wildman–Crippen MR) is 100.0 cm³/mol. The minimum absolute atomic E-state index is 0.433. The molecule has 1 aliphatic heterocycles. The van der Waals surface area contributed by atoms with Crippen LogP contribution in [0.1, 0.15) is 11.7 Å². The van der Waals surface area contributed by atoms with Gasteiger partial charge in [0.1, 0.15) is 30.5 Å². The first-order chi connectivity index (χ1) is 12.6. The zero-order valence-electron chi connectivity index (χ0n) is 13.9. The minimum atomic E-state index is -1.38. The lowest BCUT2D eigenvalue weighted by molar-refractivity contribution is -0.231. The lowest BCUT2D eigenvalue weighted by Crippen LogP contribution is -2.55. The molecule has 1 fully saturated rings. The zero-order chi connectivity index (χ0) is 18.3. The summed E-state index contributed by atoms with van der Waals surface area (Å²) in [6, 6.07) is 17.8. The van der Waals surface area contributed by atoms with Gasteiger partial charge in [0.05, 0.1) is 6.61 Å². The van der Waals surface area contributed by atoms with Crippen LogP contribution >= 0.6 is 11.3 Å². The summed E-state index contributed by atoms with van der Waals surface area (Å²) in [5.41, 5.74) is 1.68. The van der Waals surface area contributed by atoms with Crippen LogP contribution in [0.5, 0.6) is 0 Å². The molecule has 0 spiro atoms. The minimum Gasteiger partial charge on any atom is -0.394 e. The van der Waals surface area contributed by atoms with Crippen LogP contribution < -0.4 is 0 Å². The van der Waals surface area contributed by atoms with Gasteiger partial charge >= 0.3 is 0 Å². The van der Waals surface area contributed by atoms with E-state index in [1.54, 1.807) is 11.3 Å². The molecular weight excluding hydrogens is 352 g/mol. The summed E-state index contributed by atoms with van der Waals surface area (Å²) < 4.78 is 6.85. The van der Waals surface area contributed by atoms with Gasteiger partial charge < -0.3 is 25.2 Å². The summed E-state index contributed by atoms with van der Waals surface area (Å²) in [4.78, 5) is 1.10. The maximum atomic E-state index is 10.3. The number of thiophene rings is 1. The molecular formula is C20H20O5S. The lowest BCUT2D eigenvalue weighted by Gasteiger charge is -2.40. The van der Waals surface area contributed by atoms with Gasteiger partial charge in [-0.25, -0.2) is 0 Å². The number of hydrogen-bond donors (Lipinski definition) is 4. The molecule has 136 valence electrons. The van der Waals surface area contributed by atoms with E-state index < -0.39 is 37.1 Å². The SMILES string of the molecule is OC[C@H]1O[C@H](c2cccc(-c3cc4ccccc4s3)c2)[C@@H](O)[C@@H](O)[C@@H]1O. The fraction of sp³-hybridized carbons (Fsp3) is 0.300. The highest BCUT2D eigenvalue weighted by atomic mass is 32.1. The second kappa shape index (κ2) is 7.08. The molecule has 2 heterocycles. The molecule has 0 radical (unpaired) electrons. The molecule has 3 aromatic rings. The smallest absolute Gasteiger partial charge is 0.113 e. The summed E-state index contributed by atoms with van der Waals surface area (Å²) in [7, 11) is 0. The van der Waals surface area contributed by atoms with Crippen LogP contribution in [-0.2, 0) is 4.74 Å². The number of ether oxygens (including phenoxy) is 1. The third-order valence-corrected chi connectivity index (χ3v) is 5.98. The molecule has 2 aromatic carbocycles. The van der Waals surface area contributed by atoms with Crippen LogP contribution in [0, 0.1) is 0 Å². The second-order valence-corrected chi connectivity index (χ2v) is 7.61. The van der Waals surface area contributed by atoms with E-state index in [-0.39, 0.29) is 0 Å². The fourth-order valence-electron chi connectivity index (χ4n) is 3.37. The van der Waals surface area contributed by atoms with E-state index in [4.69, 9.17) is 4.74 Å². The van der Waals surface area contributed by atoms with E-state index in [0.29, 0.717) is 5.56 Å². The maximum absolute atomic E-state index is 10.3. The fourth-order valence-corrected chi connectivity index (χ4v) is 4.43. The van der Waals surface area contributed by atoms with Crippen molar-refractivity contribution in [3.8, 4) is 10.4 Å². The molecule has 1 aliphatic rings. The molecule has 6 heteroatoms. The van der Waals surface area contributed by atoms with Gasteiger partial charge in [0.25, 0.3) is 0 Å². The van der Waals surface area contributed by atoms with Crippen molar-refractivity contribution in [2.45, 2.75) is 30.5 Å². The number of rotatable bonds is 3. The first kappa shape index (κ1) is 17.6. The molecule has 0 aliphatic carbocycles.